The number of rotatable bonds is 4. The number of amidine groups is 1. The third-order valence-corrected chi connectivity index (χ3v) is 5.62. The molecule has 0 aromatic heterocycles. The lowest BCUT2D eigenvalue weighted by molar-refractivity contribution is -0.122. The summed E-state index contributed by atoms with van der Waals surface area (Å²) in [5.74, 6) is -0.0893. The van der Waals surface area contributed by atoms with Crippen molar-refractivity contribution in [3.63, 3.8) is 0 Å². The minimum atomic E-state index is -0.609. The van der Waals surface area contributed by atoms with Crippen LogP contribution in [0.25, 0.3) is 0 Å². The lowest BCUT2D eigenvalue weighted by Gasteiger charge is -2.31. The van der Waals surface area contributed by atoms with Crippen molar-refractivity contribution >= 4 is 56.0 Å². The lowest BCUT2D eigenvalue weighted by atomic mass is 10.2. The molecule has 0 saturated carbocycles. The van der Waals surface area contributed by atoms with Gasteiger partial charge in [0.15, 0.2) is 5.17 Å². The Kier molecular flexibility index (Phi) is 5.36. The SMILES string of the molecule is O=C(CSC1=NNC2C(=O)N(c3ccccc3)C=CN12)Nc1ccc(Br)cc1. The van der Waals surface area contributed by atoms with Crippen molar-refractivity contribution in [3.05, 3.63) is 71.5 Å². The molecule has 2 aliphatic heterocycles. The van der Waals surface area contributed by atoms with Gasteiger partial charge in [0, 0.05) is 28.2 Å². The number of anilines is 2. The molecule has 2 aromatic carbocycles. The van der Waals surface area contributed by atoms with Crippen molar-refractivity contribution in [2.75, 3.05) is 16.0 Å². The van der Waals surface area contributed by atoms with Crippen LogP contribution in [0, 0.1) is 0 Å². The molecular weight excluding hydrogens is 442 g/mol. The first-order valence-corrected chi connectivity index (χ1v) is 10.3. The number of carbonyl (C=O) groups excluding carboxylic acids is 2. The highest BCUT2D eigenvalue weighted by atomic mass is 79.9. The molecule has 28 heavy (non-hydrogen) atoms. The van der Waals surface area contributed by atoms with Gasteiger partial charge in [-0.3, -0.25) is 24.8 Å². The summed E-state index contributed by atoms with van der Waals surface area (Å²) < 4.78 is 0.948. The molecule has 4 rings (SSSR count). The molecule has 2 amide bonds. The van der Waals surface area contributed by atoms with Gasteiger partial charge >= 0.3 is 0 Å². The molecule has 0 saturated heterocycles. The number of benzene rings is 2. The molecule has 0 fully saturated rings. The molecule has 7 nitrogen and oxygen atoms in total. The van der Waals surface area contributed by atoms with Gasteiger partial charge in [-0.15, -0.1) is 0 Å². The van der Waals surface area contributed by atoms with Crippen LogP contribution in [0.15, 0.2) is 76.6 Å². The van der Waals surface area contributed by atoms with Gasteiger partial charge in [-0.1, -0.05) is 45.9 Å². The maximum absolute atomic E-state index is 12.8. The maximum Gasteiger partial charge on any atom is 0.276 e. The number of para-hydroxylation sites is 1. The van der Waals surface area contributed by atoms with Crippen molar-refractivity contribution in [3.8, 4) is 0 Å². The normalized spacial score (nSPS) is 17.8. The van der Waals surface area contributed by atoms with Crippen LogP contribution in [0.5, 0.6) is 0 Å². The summed E-state index contributed by atoms with van der Waals surface area (Å²) >= 11 is 4.63. The van der Waals surface area contributed by atoms with Gasteiger partial charge in [0.25, 0.3) is 5.91 Å². The highest BCUT2D eigenvalue weighted by Crippen LogP contribution is 2.25. The third kappa shape index (κ3) is 3.90. The molecule has 0 spiro atoms. The molecule has 2 aromatic rings. The van der Waals surface area contributed by atoms with Crippen molar-refractivity contribution in [1.82, 2.24) is 10.3 Å². The number of amides is 2. The smallest absolute Gasteiger partial charge is 0.276 e. The first-order valence-electron chi connectivity index (χ1n) is 8.48. The van der Waals surface area contributed by atoms with Crippen LogP contribution < -0.4 is 15.6 Å². The van der Waals surface area contributed by atoms with Gasteiger partial charge in [0.1, 0.15) is 0 Å². The first-order chi connectivity index (χ1) is 13.6. The van der Waals surface area contributed by atoms with E-state index in [2.05, 4.69) is 31.8 Å². The van der Waals surface area contributed by atoms with Crippen molar-refractivity contribution < 1.29 is 9.59 Å². The molecule has 0 bridgehead atoms. The summed E-state index contributed by atoms with van der Waals surface area (Å²) in [6.07, 6.45) is 2.89. The Bertz CT molecular complexity index is 949. The van der Waals surface area contributed by atoms with E-state index in [1.807, 2.05) is 54.6 Å². The zero-order valence-corrected chi connectivity index (χ0v) is 17.0. The predicted molar refractivity (Wildman–Crippen MR) is 114 cm³/mol. The summed E-state index contributed by atoms with van der Waals surface area (Å²) in [4.78, 5) is 28.3. The lowest BCUT2D eigenvalue weighted by Crippen LogP contribution is -2.52. The number of hydrogen-bond acceptors (Lipinski definition) is 6. The van der Waals surface area contributed by atoms with Gasteiger partial charge < -0.3 is 5.32 Å². The van der Waals surface area contributed by atoms with Gasteiger partial charge in [-0.05, 0) is 36.4 Å². The standard InChI is InChI=1S/C19H16BrN5O2S/c20-13-6-8-14(9-7-13)21-16(26)12-28-19-23-22-17-18(27)24(10-11-25(17)19)15-4-2-1-3-5-15/h1-11,17,22H,12H2,(H,21,26). The van der Waals surface area contributed by atoms with E-state index in [0.29, 0.717) is 5.17 Å². The second-order valence-corrected chi connectivity index (χ2v) is 7.88. The molecule has 2 aliphatic rings. The monoisotopic (exact) mass is 457 g/mol. The Morgan fingerprint density at radius 2 is 1.89 bits per heavy atom. The van der Waals surface area contributed by atoms with Crippen LogP contribution >= 0.6 is 27.7 Å². The van der Waals surface area contributed by atoms with E-state index in [0.717, 1.165) is 15.8 Å². The molecule has 9 heteroatoms. The van der Waals surface area contributed by atoms with E-state index in [4.69, 9.17) is 0 Å². The average Bonchev–Trinajstić information content (AvgIpc) is 3.13. The Hall–Kier alpha value is -2.78. The van der Waals surface area contributed by atoms with E-state index in [9.17, 15) is 9.59 Å². The van der Waals surface area contributed by atoms with Crippen LogP contribution in [0.1, 0.15) is 0 Å². The van der Waals surface area contributed by atoms with Gasteiger partial charge in [0.05, 0.1) is 5.75 Å². The maximum atomic E-state index is 12.8. The minimum absolute atomic E-state index is 0.132. The van der Waals surface area contributed by atoms with E-state index in [1.54, 1.807) is 22.2 Å². The van der Waals surface area contributed by atoms with Crippen LogP contribution in [0.3, 0.4) is 0 Å². The fraction of sp³-hybridized carbons (Fsp3) is 0.105. The van der Waals surface area contributed by atoms with E-state index >= 15 is 0 Å². The second-order valence-electron chi connectivity index (χ2n) is 6.02. The zero-order chi connectivity index (χ0) is 19.5. The van der Waals surface area contributed by atoms with Crippen molar-refractivity contribution in [1.29, 1.82) is 0 Å². The predicted octanol–water partition coefficient (Wildman–Crippen LogP) is 3.14. The summed E-state index contributed by atoms with van der Waals surface area (Å²) in [5.41, 5.74) is 4.37. The molecule has 142 valence electrons. The van der Waals surface area contributed by atoms with Crippen LogP contribution in [-0.2, 0) is 9.59 Å². The van der Waals surface area contributed by atoms with E-state index in [-0.39, 0.29) is 17.6 Å². The molecule has 0 aliphatic carbocycles. The quantitative estimate of drug-likeness (QED) is 0.737. The number of nitrogens with one attached hydrogen (secondary N) is 2. The van der Waals surface area contributed by atoms with Gasteiger partial charge in [-0.2, -0.15) is 5.10 Å². The van der Waals surface area contributed by atoms with Crippen LogP contribution in [0.4, 0.5) is 11.4 Å². The zero-order valence-electron chi connectivity index (χ0n) is 14.6. The van der Waals surface area contributed by atoms with Crippen molar-refractivity contribution in [2.24, 2.45) is 5.10 Å². The summed E-state index contributed by atoms with van der Waals surface area (Å²) in [5, 5.41) is 7.63. The number of hydrazone groups is 1. The van der Waals surface area contributed by atoms with Crippen LogP contribution in [0.2, 0.25) is 0 Å². The van der Waals surface area contributed by atoms with E-state index in [1.165, 1.54) is 11.8 Å². The number of hydrogen-bond donors (Lipinski definition) is 2. The molecule has 1 unspecified atom stereocenters. The number of halogens is 1. The summed E-state index contributed by atoms with van der Waals surface area (Å²) in [6.45, 7) is 0. The topological polar surface area (TPSA) is 77.0 Å². The number of carbonyl (C=O) groups is 2. The Morgan fingerprint density at radius 3 is 2.64 bits per heavy atom. The number of fused-ring (bicyclic) bond motifs is 1. The molecular formula is C19H16BrN5O2S. The average molecular weight is 458 g/mol. The highest BCUT2D eigenvalue weighted by Gasteiger charge is 2.38. The Balaban J connectivity index is 1.36. The summed E-state index contributed by atoms with van der Waals surface area (Å²) in [6, 6.07) is 16.8. The van der Waals surface area contributed by atoms with Gasteiger partial charge in [-0.25, -0.2) is 0 Å². The van der Waals surface area contributed by atoms with Crippen LogP contribution in [-0.4, -0.2) is 33.8 Å². The first kappa shape index (κ1) is 18.6. The second kappa shape index (κ2) is 8.07. The Labute approximate surface area is 174 Å². The minimum Gasteiger partial charge on any atom is -0.325 e. The van der Waals surface area contributed by atoms with E-state index < -0.39 is 6.17 Å². The number of nitrogens with zero attached hydrogens (tertiary/aromatic N) is 3. The van der Waals surface area contributed by atoms with Gasteiger partial charge in [0.2, 0.25) is 12.1 Å². The molecule has 2 N–H and O–H groups in total. The third-order valence-electron chi connectivity index (χ3n) is 4.12. The van der Waals surface area contributed by atoms with Crippen molar-refractivity contribution in [2.45, 2.75) is 6.17 Å². The largest absolute Gasteiger partial charge is 0.325 e. The fourth-order valence-corrected chi connectivity index (χ4v) is 3.81. The fourth-order valence-electron chi connectivity index (χ4n) is 2.78. The highest BCUT2D eigenvalue weighted by molar-refractivity contribution is 9.10. The molecule has 2 heterocycles. The summed E-state index contributed by atoms with van der Waals surface area (Å²) in [7, 11) is 0. The Morgan fingerprint density at radius 1 is 1.14 bits per heavy atom. The molecule has 0 radical (unpaired) electrons. The molecule has 1 atom stereocenters. The number of thioether (sulfide) groups is 1.